The van der Waals surface area contributed by atoms with E-state index in [1.807, 2.05) is 0 Å². The summed E-state index contributed by atoms with van der Waals surface area (Å²) in [5.74, 6) is -0.0565. The van der Waals surface area contributed by atoms with Crippen LogP contribution in [0.1, 0.15) is 43.6 Å². The molecule has 33 heavy (non-hydrogen) atoms. The molecule has 182 valence electrons. The lowest BCUT2D eigenvalue weighted by Gasteiger charge is -2.22. The molecule has 3 rings (SSSR count). The fraction of sp³-hybridized carbons (Fsp3) is 0.591. The number of amides is 1. The molecule has 2 aliphatic rings. The molecule has 1 aromatic carbocycles. The van der Waals surface area contributed by atoms with Gasteiger partial charge >= 0.3 is 0 Å². The van der Waals surface area contributed by atoms with Gasteiger partial charge in [-0.15, -0.1) is 0 Å². The molecule has 1 heterocycles. The maximum Gasteiger partial charge on any atom is 0.233 e. The van der Waals surface area contributed by atoms with E-state index < -0.39 is 34.7 Å². The Bertz CT molecular complexity index is 1010. The van der Waals surface area contributed by atoms with Crippen molar-refractivity contribution in [3.8, 4) is 0 Å². The Morgan fingerprint density at radius 3 is 2.64 bits per heavy atom. The first-order valence-electron chi connectivity index (χ1n) is 11.0. The van der Waals surface area contributed by atoms with Crippen LogP contribution in [0.2, 0.25) is 5.02 Å². The number of rotatable bonds is 9. The number of aliphatic imine (C=N–C) groups is 2. The van der Waals surface area contributed by atoms with E-state index in [1.165, 1.54) is 12.3 Å². The molecule has 1 aliphatic carbocycles. The molecular formula is C22H30ClN3O6S. The molecule has 1 aromatic rings. The number of amidine groups is 1. The Morgan fingerprint density at radius 2 is 2.06 bits per heavy atom. The minimum atomic E-state index is -3.47. The summed E-state index contributed by atoms with van der Waals surface area (Å²) in [6, 6.07) is 4.66. The van der Waals surface area contributed by atoms with Crippen LogP contribution in [0.3, 0.4) is 0 Å². The van der Waals surface area contributed by atoms with Gasteiger partial charge in [0.2, 0.25) is 5.91 Å². The zero-order valence-corrected chi connectivity index (χ0v) is 20.1. The molecule has 0 bridgehead atoms. The summed E-state index contributed by atoms with van der Waals surface area (Å²) in [6.45, 7) is -0.297. The maximum absolute atomic E-state index is 13.2. The molecule has 3 N–H and O–H groups in total. The Labute approximate surface area is 198 Å². The highest BCUT2D eigenvalue weighted by molar-refractivity contribution is 7.90. The quantitative estimate of drug-likeness (QED) is 0.473. The lowest BCUT2D eigenvalue weighted by molar-refractivity contribution is -0.121. The number of ether oxygens (including phenoxy) is 1. The number of nitrogens with one attached hydrogen (secondary N) is 1. The van der Waals surface area contributed by atoms with E-state index in [-0.39, 0.29) is 29.0 Å². The smallest absolute Gasteiger partial charge is 0.233 e. The molecule has 1 amide bonds. The van der Waals surface area contributed by atoms with Crippen molar-refractivity contribution in [1.82, 2.24) is 5.32 Å². The summed E-state index contributed by atoms with van der Waals surface area (Å²) in [5.41, 5.74) is 0.657. The molecule has 0 spiro atoms. The van der Waals surface area contributed by atoms with Gasteiger partial charge in [0.1, 0.15) is 11.9 Å². The lowest BCUT2D eigenvalue weighted by Crippen LogP contribution is -2.39. The summed E-state index contributed by atoms with van der Waals surface area (Å²) in [4.78, 5) is 21.7. The second-order valence-electron chi connectivity index (χ2n) is 8.52. The molecule has 0 radical (unpaired) electrons. The van der Waals surface area contributed by atoms with Crippen LogP contribution in [0, 0.1) is 5.92 Å². The average Bonchev–Trinajstić information content (AvgIpc) is 3.29. The number of aliphatic hydroxyl groups excluding tert-OH is 2. The number of carbonyl (C=O) groups excluding carboxylic acids is 1. The van der Waals surface area contributed by atoms with Crippen molar-refractivity contribution in [1.29, 1.82) is 0 Å². The van der Waals surface area contributed by atoms with E-state index in [0.29, 0.717) is 23.7 Å². The Morgan fingerprint density at radius 1 is 1.33 bits per heavy atom. The van der Waals surface area contributed by atoms with Crippen molar-refractivity contribution in [2.75, 3.05) is 26.0 Å². The van der Waals surface area contributed by atoms with E-state index in [2.05, 4.69) is 15.3 Å². The van der Waals surface area contributed by atoms with Crippen LogP contribution in [-0.4, -0.2) is 74.9 Å². The summed E-state index contributed by atoms with van der Waals surface area (Å²) < 4.78 is 29.2. The number of carbonyl (C=O) groups is 1. The van der Waals surface area contributed by atoms with Gasteiger partial charge in [-0.25, -0.2) is 8.42 Å². The monoisotopic (exact) mass is 499 g/mol. The highest BCUT2D eigenvalue weighted by Crippen LogP contribution is 2.36. The number of hydrogen-bond acceptors (Lipinski definition) is 8. The molecule has 0 aromatic heterocycles. The standard InChI is InChI=1S/C22H30ClN3O6S/c1-33(30,31)19-7-6-15(9-18(19)23)17(8-14-4-2-3-5-14)22(29)26-20-10-25-21(11-24-20)32-13-16(28)12-27/h6-7,9-10,14,16-17,21,27-28H,2-5,8,11-13H2,1H3,(H,24,26,29)/t16-,17+,21?/m0/s1. The minimum Gasteiger partial charge on any atom is -0.394 e. The van der Waals surface area contributed by atoms with Gasteiger partial charge in [-0.1, -0.05) is 43.4 Å². The molecular weight excluding hydrogens is 470 g/mol. The number of benzene rings is 1. The van der Waals surface area contributed by atoms with E-state index >= 15 is 0 Å². The van der Waals surface area contributed by atoms with Crippen molar-refractivity contribution < 1.29 is 28.2 Å². The van der Waals surface area contributed by atoms with Crippen molar-refractivity contribution >= 4 is 39.4 Å². The first-order valence-corrected chi connectivity index (χ1v) is 13.2. The van der Waals surface area contributed by atoms with Crippen LogP contribution in [-0.2, 0) is 19.4 Å². The largest absolute Gasteiger partial charge is 0.394 e. The normalized spacial score (nSPS) is 21.0. The fourth-order valence-electron chi connectivity index (χ4n) is 4.08. The van der Waals surface area contributed by atoms with Gasteiger partial charge in [-0.05, 0) is 30.0 Å². The Kier molecular flexibility index (Phi) is 9.00. The molecule has 1 aliphatic heterocycles. The summed E-state index contributed by atoms with van der Waals surface area (Å²) in [6.07, 6.45) is 5.95. The zero-order valence-electron chi connectivity index (χ0n) is 18.5. The van der Waals surface area contributed by atoms with Gasteiger partial charge in [0.25, 0.3) is 0 Å². The SMILES string of the molecule is CS(=O)(=O)c1ccc([C@@H](CC2CCCC2)C(=O)NC2=NCC(OC[C@@H](O)CO)N=C2)cc1Cl. The van der Waals surface area contributed by atoms with Crippen LogP contribution >= 0.6 is 11.6 Å². The van der Waals surface area contributed by atoms with E-state index in [1.54, 1.807) is 12.1 Å². The third kappa shape index (κ3) is 7.31. The molecule has 1 fully saturated rings. The first-order chi connectivity index (χ1) is 15.7. The molecule has 9 nitrogen and oxygen atoms in total. The van der Waals surface area contributed by atoms with Crippen LogP contribution in [0.25, 0.3) is 0 Å². The van der Waals surface area contributed by atoms with Gasteiger partial charge < -0.3 is 20.3 Å². The average molecular weight is 500 g/mol. The number of sulfone groups is 1. The van der Waals surface area contributed by atoms with E-state index in [4.69, 9.17) is 21.4 Å². The predicted octanol–water partition coefficient (Wildman–Crippen LogP) is 1.70. The number of halogens is 1. The van der Waals surface area contributed by atoms with Crippen LogP contribution in [0.5, 0.6) is 0 Å². The Hall–Kier alpha value is -1.85. The predicted molar refractivity (Wildman–Crippen MR) is 126 cm³/mol. The molecule has 1 unspecified atom stereocenters. The van der Waals surface area contributed by atoms with Crippen LogP contribution in [0.15, 0.2) is 33.1 Å². The highest BCUT2D eigenvalue weighted by atomic mass is 35.5. The summed E-state index contributed by atoms with van der Waals surface area (Å²) in [5, 5.41) is 21.1. The Balaban J connectivity index is 1.71. The van der Waals surface area contributed by atoms with Gasteiger partial charge in [-0.3, -0.25) is 14.8 Å². The van der Waals surface area contributed by atoms with Crippen molar-refractivity contribution in [2.45, 2.75) is 55.2 Å². The maximum atomic E-state index is 13.2. The second-order valence-corrected chi connectivity index (χ2v) is 10.9. The van der Waals surface area contributed by atoms with Crippen molar-refractivity contribution in [2.24, 2.45) is 15.9 Å². The van der Waals surface area contributed by atoms with Crippen LogP contribution < -0.4 is 5.32 Å². The van der Waals surface area contributed by atoms with Crippen molar-refractivity contribution in [3.05, 3.63) is 28.8 Å². The van der Waals surface area contributed by atoms with Crippen LogP contribution in [0.4, 0.5) is 0 Å². The lowest BCUT2D eigenvalue weighted by atomic mass is 9.87. The third-order valence-electron chi connectivity index (χ3n) is 5.84. The number of hydrogen-bond donors (Lipinski definition) is 3. The zero-order chi connectivity index (χ0) is 24.0. The van der Waals surface area contributed by atoms with Gasteiger partial charge in [-0.2, -0.15) is 0 Å². The summed E-state index contributed by atoms with van der Waals surface area (Å²) in [7, 11) is -3.47. The van der Waals surface area contributed by atoms with E-state index in [9.17, 15) is 18.3 Å². The van der Waals surface area contributed by atoms with Gasteiger partial charge in [0.15, 0.2) is 16.1 Å². The molecule has 11 heteroatoms. The van der Waals surface area contributed by atoms with E-state index in [0.717, 1.165) is 31.9 Å². The third-order valence-corrected chi connectivity index (χ3v) is 7.42. The number of nitrogens with zero attached hydrogens (tertiary/aromatic N) is 2. The molecule has 0 saturated heterocycles. The molecule has 3 atom stereocenters. The minimum absolute atomic E-state index is 0.0362. The van der Waals surface area contributed by atoms with Gasteiger partial charge in [0, 0.05) is 6.26 Å². The topological polar surface area (TPSA) is 138 Å². The second kappa shape index (κ2) is 11.5. The fourth-order valence-corrected chi connectivity index (χ4v) is 5.42. The van der Waals surface area contributed by atoms with Gasteiger partial charge in [0.05, 0.1) is 41.8 Å². The highest BCUT2D eigenvalue weighted by Gasteiger charge is 2.28. The first kappa shape index (κ1) is 25.8. The summed E-state index contributed by atoms with van der Waals surface area (Å²) >= 11 is 6.25. The molecule has 1 saturated carbocycles. The number of aliphatic hydroxyl groups is 2. The van der Waals surface area contributed by atoms with Crippen molar-refractivity contribution in [3.63, 3.8) is 0 Å².